The molecule has 134 valence electrons. The van der Waals surface area contributed by atoms with Crippen molar-refractivity contribution in [1.29, 1.82) is 0 Å². The zero-order valence-electron chi connectivity index (χ0n) is 14.8. The molecule has 0 aliphatic heterocycles. The number of methoxy groups -OCH3 is 1. The quantitative estimate of drug-likeness (QED) is 0.624. The summed E-state index contributed by atoms with van der Waals surface area (Å²) >= 11 is 6.17. The molecule has 0 unspecified atom stereocenters. The summed E-state index contributed by atoms with van der Waals surface area (Å²) in [4.78, 5) is 8.78. The van der Waals surface area contributed by atoms with Crippen LogP contribution in [-0.4, -0.2) is 23.6 Å². The predicted molar refractivity (Wildman–Crippen MR) is 107 cm³/mol. The van der Waals surface area contributed by atoms with E-state index in [0.717, 1.165) is 35.0 Å². The zero-order valence-corrected chi connectivity index (χ0v) is 15.5. The number of hydrogen-bond acceptors (Lipinski definition) is 5. The molecule has 0 aliphatic carbocycles. The molecule has 0 atom stereocenters. The molecule has 3 rings (SSSR count). The van der Waals surface area contributed by atoms with Crippen molar-refractivity contribution in [3.8, 4) is 5.75 Å². The van der Waals surface area contributed by atoms with E-state index in [4.69, 9.17) is 16.3 Å². The first-order valence-corrected chi connectivity index (χ1v) is 8.75. The van der Waals surface area contributed by atoms with E-state index in [1.165, 1.54) is 5.56 Å². The van der Waals surface area contributed by atoms with Crippen LogP contribution < -0.4 is 15.4 Å². The lowest BCUT2D eigenvalue weighted by molar-refractivity contribution is 0.414. The van der Waals surface area contributed by atoms with E-state index in [1.807, 2.05) is 49.4 Å². The highest BCUT2D eigenvalue weighted by Gasteiger charge is 2.05. The smallest absolute Gasteiger partial charge is 0.224 e. The van der Waals surface area contributed by atoms with Crippen molar-refractivity contribution < 1.29 is 4.74 Å². The van der Waals surface area contributed by atoms with E-state index in [1.54, 1.807) is 13.3 Å². The van der Waals surface area contributed by atoms with Gasteiger partial charge in [0.25, 0.3) is 0 Å². The summed E-state index contributed by atoms with van der Waals surface area (Å²) in [5, 5.41) is 7.26. The number of benzene rings is 2. The highest BCUT2D eigenvalue weighted by Crippen LogP contribution is 2.25. The Morgan fingerprint density at radius 3 is 2.81 bits per heavy atom. The van der Waals surface area contributed by atoms with Gasteiger partial charge in [-0.25, -0.2) is 4.98 Å². The summed E-state index contributed by atoms with van der Waals surface area (Å²) in [5.41, 5.74) is 3.11. The van der Waals surface area contributed by atoms with Crippen LogP contribution in [0.15, 0.2) is 54.7 Å². The van der Waals surface area contributed by atoms with Crippen molar-refractivity contribution >= 4 is 29.1 Å². The Morgan fingerprint density at radius 2 is 1.96 bits per heavy atom. The minimum absolute atomic E-state index is 0.581. The van der Waals surface area contributed by atoms with Gasteiger partial charge in [0.1, 0.15) is 11.6 Å². The molecule has 0 spiro atoms. The molecule has 0 radical (unpaired) electrons. The lowest BCUT2D eigenvalue weighted by Crippen LogP contribution is -2.09. The number of anilines is 3. The highest BCUT2D eigenvalue weighted by molar-refractivity contribution is 6.31. The Bertz CT molecular complexity index is 885. The highest BCUT2D eigenvalue weighted by atomic mass is 35.5. The molecule has 0 amide bonds. The third-order valence-electron chi connectivity index (χ3n) is 4.02. The zero-order chi connectivity index (χ0) is 18.4. The molecule has 1 aromatic heterocycles. The van der Waals surface area contributed by atoms with Crippen LogP contribution in [0.4, 0.5) is 17.5 Å². The van der Waals surface area contributed by atoms with Crippen LogP contribution in [-0.2, 0) is 6.42 Å². The fourth-order valence-electron chi connectivity index (χ4n) is 2.54. The molecule has 0 aliphatic rings. The SMILES string of the molecule is COc1cccc(CCNc2nccc(Nc3cccc(Cl)c3C)n2)c1. The van der Waals surface area contributed by atoms with Gasteiger partial charge in [-0.15, -0.1) is 0 Å². The van der Waals surface area contributed by atoms with Crippen LogP contribution >= 0.6 is 11.6 Å². The summed E-state index contributed by atoms with van der Waals surface area (Å²) in [6.07, 6.45) is 2.58. The largest absolute Gasteiger partial charge is 0.497 e. The topological polar surface area (TPSA) is 59.1 Å². The van der Waals surface area contributed by atoms with Gasteiger partial charge in [0.15, 0.2) is 0 Å². The molecular formula is C20H21ClN4O. The van der Waals surface area contributed by atoms with E-state index in [9.17, 15) is 0 Å². The lowest BCUT2D eigenvalue weighted by Gasteiger charge is -2.11. The van der Waals surface area contributed by atoms with Crippen LogP contribution in [0.1, 0.15) is 11.1 Å². The number of hydrogen-bond donors (Lipinski definition) is 2. The van der Waals surface area contributed by atoms with Crippen LogP contribution in [0.25, 0.3) is 0 Å². The molecule has 2 N–H and O–H groups in total. The van der Waals surface area contributed by atoms with Crippen LogP contribution in [0.2, 0.25) is 5.02 Å². The maximum absolute atomic E-state index is 6.17. The lowest BCUT2D eigenvalue weighted by atomic mass is 10.1. The molecule has 26 heavy (non-hydrogen) atoms. The molecule has 2 aromatic carbocycles. The average Bonchev–Trinajstić information content (AvgIpc) is 2.66. The number of ether oxygens (including phenoxy) is 1. The normalized spacial score (nSPS) is 10.4. The Kier molecular flexibility index (Phi) is 5.92. The standard InChI is InChI=1S/C20H21ClN4O/c1-14-17(21)7-4-8-18(14)24-19-10-12-23-20(25-19)22-11-9-15-5-3-6-16(13-15)26-2/h3-8,10,12-13H,9,11H2,1-2H3,(H2,22,23,24,25). The number of rotatable bonds is 7. The van der Waals surface area contributed by atoms with E-state index >= 15 is 0 Å². The third-order valence-corrected chi connectivity index (χ3v) is 4.43. The summed E-state index contributed by atoms with van der Waals surface area (Å²) < 4.78 is 5.25. The van der Waals surface area contributed by atoms with Crippen LogP contribution in [0, 0.1) is 6.92 Å². The van der Waals surface area contributed by atoms with Gasteiger partial charge in [-0.2, -0.15) is 4.98 Å². The van der Waals surface area contributed by atoms with Crippen molar-refractivity contribution in [3.05, 3.63) is 70.9 Å². The fourth-order valence-corrected chi connectivity index (χ4v) is 2.72. The maximum Gasteiger partial charge on any atom is 0.224 e. The number of halogens is 1. The fraction of sp³-hybridized carbons (Fsp3) is 0.200. The van der Waals surface area contributed by atoms with Gasteiger partial charge in [-0.05, 0) is 54.8 Å². The summed E-state index contributed by atoms with van der Waals surface area (Å²) in [6, 6.07) is 15.6. The Morgan fingerprint density at radius 1 is 1.12 bits per heavy atom. The first kappa shape index (κ1) is 18.0. The van der Waals surface area contributed by atoms with Gasteiger partial charge in [-0.3, -0.25) is 0 Å². The number of aromatic nitrogens is 2. The van der Waals surface area contributed by atoms with Crippen molar-refractivity contribution in [1.82, 2.24) is 9.97 Å². The Hall–Kier alpha value is -2.79. The van der Waals surface area contributed by atoms with Gasteiger partial charge in [0.05, 0.1) is 7.11 Å². The Balaban J connectivity index is 1.61. The number of nitrogens with one attached hydrogen (secondary N) is 2. The second-order valence-corrected chi connectivity index (χ2v) is 6.24. The molecule has 0 bridgehead atoms. The number of nitrogens with zero attached hydrogens (tertiary/aromatic N) is 2. The molecular weight excluding hydrogens is 348 g/mol. The molecule has 0 fully saturated rings. The second-order valence-electron chi connectivity index (χ2n) is 5.83. The van der Waals surface area contributed by atoms with Gasteiger partial charge in [0.2, 0.25) is 5.95 Å². The summed E-state index contributed by atoms with van der Waals surface area (Å²) in [6.45, 7) is 2.70. The van der Waals surface area contributed by atoms with Crippen molar-refractivity contribution in [2.45, 2.75) is 13.3 Å². The van der Waals surface area contributed by atoms with E-state index in [0.29, 0.717) is 11.8 Å². The second kappa shape index (κ2) is 8.54. The molecule has 6 heteroatoms. The van der Waals surface area contributed by atoms with Gasteiger partial charge in [0, 0.05) is 23.5 Å². The van der Waals surface area contributed by atoms with Gasteiger partial charge >= 0.3 is 0 Å². The first-order chi connectivity index (χ1) is 12.7. The monoisotopic (exact) mass is 368 g/mol. The summed E-state index contributed by atoms with van der Waals surface area (Å²) in [7, 11) is 1.67. The van der Waals surface area contributed by atoms with Crippen molar-refractivity contribution in [2.24, 2.45) is 0 Å². The Labute approximate surface area is 158 Å². The van der Waals surface area contributed by atoms with Gasteiger partial charge < -0.3 is 15.4 Å². The van der Waals surface area contributed by atoms with Crippen LogP contribution in [0.5, 0.6) is 5.75 Å². The first-order valence-electron chi connectivity index (χ1n) is 8.37. The third kappa shape index (κ3) is 4.64. The molecule has 3 aromatic rings. The van der Waals surface area contributed by atoms with Crippen LogP contribution in [0.3, 0.4) is 0 Å². The summed E-state index contributed by atoms with van der Waals surface area (Å²) in [5.74, 6) is 2.16. The average molecular weight is 369 g/mol. The predicted octanol–water partition coefficient (Wildman–Crippen LogP) is 4.85. The van der Waals surface area contributed by atoms with Gasteiger partial charge in [-0.1, -0.05) is 29.8 Å². The van der Waals surface area contributed by atoms with Crippen molar-refractivity contribution in [2.75, 3.05) is 24.3 Å². The molecule has 0 saturated heterocycles. The molecule has 5 nitrogen and oxygen atoms in total. The molecule has 1 heterocycles. The molecule has 0 saturated carbocycles. The van der Waals surface area contributed by atoms with E-state index in [2.05, 4.69) is 26.7 Å². The van der Waals surface area contributed by atoms with E-state index < -0.39 is 0 Å². The maximum atomic E-state index is 6.17. The minimum atomic E-state index is 0.581. The minimum Gasteiger partial charge on any atom is -0.497 e. The van der Waals surface area contributed by atoms with E-state index in [-0.39, 0.29) is 0 Å². The van der Waals surface area contributed by atoms with Crippen molar-refractivity contribution in [3.63, 3.8) is 0 Å².